The Kier molecular flexibility index (Phi) is 6.40. The maximum absolute atomic E-state index is 13.6. The summed E-state index contributed by atoms with van der Waals surface area (Å²) in [5, 5.41) is 1.61. The summed E-state index contributed by atoms with van der Waals surface area (Å²) in [6.45, 7) is 0. The second-order valence-electron chi connectivity index (χ2n) is 7.11. The Morgan fingerprint density at radius 2 is 1.34 bits per heavy atom. The average Bonchev–Trinajstić information content (AvgIpc) is 2.81. The van der Waals surface area contributed by atoms with E-state index < -0.39 is 0 Å². The predicted octanol–water partition coefficient (Wildman–Crippen LogP) is 5.16. The highest BCUT2D eigenvalue weighted by molar-refractivity contribution is 6.30. The van der Waals surface area contributed by atoms with E-state index in [0.717, 1.165) is 27.6 Å². The monoisotopic (exact) mass is 460 g/mol. The lowest BCUT2D eigenvalue weighted by Crippen LogP contribution is -3.00. The molecule has 0 saturated carbocycles. The number of nitrogens with zero attached hydrogens (tertiary/aromatic N) is 1. The van der Waals surface area contributed by atoms with Gasteiger partial charge in [-0.2, -0.15) is 0 Å². The Morgan fingerprint density at radius 3 is 2.06 bits per heavy atom. The van der Waals surface area contributed by atoms with Gasteiger partial charge in [-0.3, -0.25) is 0 Å². The molecule has 1 heterocycles. The number of para-hydroxylation sites is 1. The third kappa shape index (κ3) is 4.31. The molecule has 0 fully saturated rings. The van der Waals surface area contributed by atoms with Gasteiger partial charge in [0.1, 0.15) is 17.3 Å². The first-order valence-electron chi connectivity index (χ1n) is 9.86. The summed E-state index contributed by atoms with van der Waals surface area (Å²) < 4.78 is 20.0. The highest BCUT2D eigenvalue weighted by Crippen LogP contribution is 2.44. The molecule has 0 saturated heterocycles. The van der Waals surface area contributed by atoms with Gasteiger partial charge in [0.2, 0.25) is 0 Å². The Balaban J connectivity index is 0.00000245. The summed E-state index contributed by atoms with van der Waals surface area (Å²) in [6.07, 6.45) is 0. The molecule has 4 aromatic carbocycles. The number of benzene rings is 4. The Hall–Kier alpha value is -3.40. The third-order valence-corrected chi connectivity index (χ3v) is 5.31. The number of rotatable bonds is 4. The summed E-state index contributed by atoms with van der Waals surface area (Å²) in [6, 6.07) is 31.5. The van der Waals surface area contributed by atoms with Crippen molar-refractivity contribution in [1.82, 2.24) is 4.98 Å². The SMILES string of the molecule is Fc1ccc(-c2nc3ccccc3c(-c3ccccc3)c2Oc2ccc(Cl)cc2)cc1.[Cl-]. The van der Waals surface area contributed by atoms with E-state index in [1.54, 1.807) is 24.3 Å². The fraction of sp³-hybridized carbons (Fsp3) is 0. The molecule has 0 bridgehead atoms. The molecule has 2 nitrogen and oxygen atoms in total. The van der Waals surface area contributed by atoms with E-state index in [2.05, 4.69) is 0 Å². The molecule has 32 heavy (non-hydrogen) atoms. The topological polar surface area (TPSA) is 22.1 Å². The largest absolute Gasteiger partial charge is 1.00 e. The average molecular weight is 461 g/mol. The second kappa shape index (κ2) is 9.39. The van der Waals surface area contributed by atoms with Crippen molar-refractivity contribution in [3.05, 3.63) is 114 Å². The first kappa shape index (κ1) is 21.8. The lowest BCUT2D eigenvalue weighted by Gasteiger charge is -2.18. The molecule has 5 heteroatoms. The van der Waals surface area contributed by atoms with E-state index in [1.807, 2.05) is 66.7 Å². The second-order valence-corrected chi connectivity index (χ2v) is 7.55. The van der Waals surface area contributed by atoms with Gasteiger partial charge in [0.05, 0.1) is 5.52 Å². The Morgan fingerprint density at radius 1 is 0.688 bits per heavy atom. The van der Waals surface area contributed by atoms with Gasteiger partial charge in [0, 0.05) is 21.5 Å². The first-order valence-corrected chi connectivity index (χ1v) is 10.2. The number of hydrogen-bond acceptors (Lipinski definition) is 2. The van der Waals surface area contributed by atoms with E-state index in [9.17, 15) is 4.39 Å². The molecule has 0 aliphatic carbocycles. The summed E-state index contributed by atoms with van der Waals surface area (Å²) >= 11 is 6.06. The molecule has 0 atom stereocenters. The number of hydrogen-bond donors (Lipinski definition) is 0. The maximum Gasteiger partial charge on any atom is 0.162 e. The van der Waals surface area contributed by atoms with Crippen molar-refractivity contribution in [3.8, 4) is 33.9 Å². The predicted molar refractivity (Wildman–Crippen MR) is 124 cm³/mol. The van der Waals surface area contributed by atoms with Crippen LogP contribution in [0.3, 0.4) is 0 Å². The van der Waals surface area contributed by atoms with E-state index in [0.29, 0.717) is 22.2 Å². The smallest absolute Gasteiger partial charge is 0.162 e. The quantitative estimate of drug-likeness (QED) is 0.369. The van der Waals surface area contributed by atoms with Crippen molar-refractivity contribution < 1.29 is 21.5 Å². The Labute approximate surface area is 196 Å². The van der Waals surface area contributed by atoms with Gasteiger partial charge >= 0.3 is 0 Å². The normalized spacial score (nSPS) is 10.6. The van der Waals surface area contributed by atoms with Crippen molar-refractivity contribution in [3.63, 3.8) is 0 Å². The van der Waals surface area contributed by atoms with Crippen LogP contribution in [0.5, 0.6) is 11.5 Å². The lowest BCUT2D eigenvalue weighted by molar-refractivity contribution is -0.00000696. The first-order chi connectivity index (χ1) is 15.2. The zero-order chi connectivity index (χ0) is 21.2. The summed E-state index contributed by atoms with van der Waals surface area (Å²) in [4.78, 5) is 4.90. The molecule has 1 aromatic heterocycles. The van der Waals surface area contributed by atoms with Crippen LogP contribution >= 0.6 is 11.6 Å². The standard InChI is InChI=1S/C27H17ClFNO.ClH/c28-20-12-16-22(17-13-20)31-27-25(18-6-2-1-3-7-18)23-8-4-5-9-24(23)30-26(27)19-10-14-21(29)15-11-19;/h1-17H;1H/p-1. The van der Waals surface area contributed by atoms with Crippen LogP contribution in [0, 0.1) is 5.82 Å². The van der Waals surface area contributed by atoms with E-state index in [-0.39, 0.29) is 18.2 Å². The number of halogens is 3. The minimum atomic E-state index is -0.298. The van der Waals surface area contributed by atoms with Gasteiger partial charge in [-0.25, -0.2) is 9.37 Å². The molecule has 0 aliphatic rings. The molecular weight excluding hydrogens is 444 g/mol. The summed E-state index contributed by atoms with van der Waals surface area (Å²) in [5.41, 5.74) is 4.19. The van der Waals surface area contributed by atoms with Crippen molar-refractivity contribution in [2.45, 2.75) is 0 Å². The van der Waals surface area contributed by atoms with Crippen molar-refractivity contribution in [2.24, 2.45) is 0 Å². The van der Waals surface area contributed by atoms with Gasteiger partial charge in [-0.05, 0) is 60.2 Å². The van der Waals surface area contributed by atoms with Gasteiger partial charge in [-0.15, -0.1) is 0 Å². The molecule has 0 aliphatic heterocycles. The van der Waals surface area contributed by atoms with E-state index in [4.69, 9.17) is 21.3 Å². The molecule has 0 radical (unpaired) electrons. The van der Waals surface area contributed by atoms with Crippen molar-refractivity contribution in [1.29, 1.82) is 0 Å². The number of fused-ring (bicyclic) bond motifs is 1. The molecule has 158 valence electrons. The molecule has 0 unspecified atom stereocenters. The van der Waals surface area contributed by atoms with Gasteiger partial charge in [0.25, 0.3) is 0 Å². The van der Waals surface area contributed by atoms with Crippen LogP contribution in [0.15, 0.2) is 103 Å². The zero-order valence-corrected chi connectivity index (χ0v) is 18.3. The number of aromatic nitrogens is 1. The molecule has 5 rings (SSSR count). The summed E-state index contributed by atoms with van der Waals surface area (Å²) in [7, 11) is 0. The zero-order valence-electron chi connectivity index (χ0n) is 16.8. The third-order valence-electron chi connectivity index (χ3n) is 5.06. The van der Waals surface area contributed by atoms with Gasteiger partial charge in [0.15, 0.2) is 5.75 Å². The molecular formula is C27H17Cl2FNO-. The van der Waals surface area contributed by atoms with Crippen LogP contribution in [0.25, 0.3) is 33.3 Å². The fourth-order valence-corrected chi connectivity index (χ4v) is 3.74. The van der Waals surface area contributed by atoms with Crippen LogP contribution in [0.1, 0.15) is 0 Å². The summed E-state index contributed by atoms with van der Waals surface area (Å²) in [5.74, 6) is 0.953. The van der Waals surface area contributed by atoms with Crippen LogP contribution in [0.2, 0.25) is 5.02 Å². The highest BCUT2D eigenvalue weighted by atomic mass is 35.5. The Bertz CT molecular complexity index is 1350. The number of pyridine rings is 1. The van der Waals surface area contributed by atoms with Gasteiger partial charge in [-0.1, -0.05) is 60.1 Å². The van der Waals surface area contributed by atoms with Gasteiger partial charge < -0.3 is 17.1 Å². The fourth-order valence-electron chi connectivity index (χ4n) is 3.61. The van der Waals surface area contributed by atoms with Crippen molar-refractivity contribution in [2.75, 3.05) is 0 Å². The molecule has 5 aromatic rings. The van der Waals surface area contributed by atoms with Crippen molar-refractivity contribution >= 4 is 22.5 Å². The minimum Gasteiger partial charge on any atom is -1.00 e. The van der Waals surface area contributed by atoms with Crippen LogP contribution in [0.4, 0.5) is 4.39 Å². The number of ether oxygens (including phenoxy) is 1. The van der Waals surface area contributed by atoms with Crippen LogP contribution in [-0.4, -0.2) is 4.98 Å². The van der Waals surface area contributed by atoms with Crippen LogP contribution in [-0.2, 0) is 0 Å². The van der Waals surface area contributed by atoms with Crippen LogP contribution < -0.4 is 17.1 Å². The highest BCUT2D eigenvalue weighted by Gasteiger charge is 2.20. The molecule has 0 spiro atoms. The molecule has 0 amide bonds. The van der Waals surface area contributed by atoms with E-state index >= 15 is 0 Å². The van der Waals surface area contributed by atoms with E-state index in [1.165, 1.54) is 12.1 Å². The lowest BCUT2D eigenvalue weighted by atomic mass is 9.96. The maximum atomic E-state index is 13.6. The minimum absolute atomic E-state index is 0. The molecule has 0 N–H and O–H groups in total.